The lowest BCUT2D eigenvalue weighted by Crippen LogP contribution is -2.19. The van der Waals surface area contributed by atoms with E-state index in [1.54, 1.807) is 25.1 Å². The van der Waals surface area contributed by atoms with Crippen LogP contribution in [0, 0.1) is 18.6 Å². The van der Waals surface area contributed by atoms with Crippen LogP contribution in [0.3, 0.4) is 0 Å². The fourth-order valence-electron chi connectivity index (χ4n) is 1.92. The molecule has 112 valence electrons. The van der Waals surface area contributed by atoms with Gasteiger partial charge in [-0.15, -0.1) is 0 Å². The van der Waals surface area contributed by atoms with Gasteiger partial charge in [-0.25, -0.2) is 8.78 Å². The third kappa shape index (κ3) is 3.49. The van der Waals surface area contributed by atoms with Crippen LogP contribution in [0.4, 0.5) is 8.78 Å². The molecule has 0 aromatic heterocycles. The number of hydrogen-bond acceptors (Lipinski definition) is 3. The summed E-state index contributed by atoms with van der Waals surface area (Å²) in [6.07, 6.45) is 0. The molecule has 0 saturated carbocycles. The summed E-state index contributed by atoms with van der Waals surface area (Å²) >= 11 is 0. The molecule has 0 aliphatic carbocycles. The molecule has 1 atom stereocenters. The van der Waals surface area contributed by atoms with Gasteiger partial charge in [0.05, 0.1) is 13.2 Å². The van der Waals surface area contributed by atoms with Gasteiger partial charge < -0.3 is 15.2 Å². The molecule has 0 aliphatic rings. The van der Waals surface area contributed by atoms with Crippen LogP contribution in [0.2, 0.25) is 0 Å². The Kier molecular flexibility index (Phi) is 4.75. The molecule has 0 amide bonds. The quantitative estimate of drug-likeness (QED) is 0.919. The molecule has 3 nitrogen and oxygen atoms in total. The van der Waals surface area contributed by atoms with Crippen LogP contribution in [0.5, 0.6) is 11.5 Å². The van der Waals surface area contributed by atoms with E-state index in [0.29, 0.717) is 11.1 Å². The maximum Gasteiger partial charge on any atom is 0.167 e. The molecule has 5 heteroatoms. The highest BCUT2D eigenvalue weighted by atomic mass is 19.1. The van der Waals surface area contributed by atoms with Gasteiger partial charge in [-0.2, -0.15) is 0 Å². The van der Waals surface area contributed by atoms with Crippen LogP contribution in [-0.4, -0.2) is 13.7 Å². The minimum atomic E-state index is -0.565. The zero-order valence-corrected chi connectivity index (χ0v) is 11.9. The van der Waals surface area contributed by atoms with E-state index < -0.39 is 17.7 Å². The van der Waals surface area contributed by atoms with Crippen molar-refractivity contribution in [2.75, 3.05) is 13.7 Å². The molecule has 2 rings (SSSR count). The Bertz CT molecular complexity index is 632. The van der Waals surface area contributed by atoms with Gasteiger partial charge in [0.25, 0.3) is 0 Å². The van der Waals surface area contributed by atoms with E-state index in [4.69, 9.17) is 15.2 Å². The van der Waals surface area contributed by atoms with Crippen molar-refractivity contribution in [1.29, 1.82) is 0 Å². The van der Waals surface area contributed by atoms with E-state index >= 15 is 0 Å². The molecule has 0 bridgehead atoms. The molecule has 2 N–H and O–H groups in total. The first-order valence-corrected chi connectivity index (χ1v) is 6.50. The molecular formula is C16H17F2NO2. The molecule has 21 heavy (non-hydrogen) atoms. The largest absolute Gasteiger partial charge is 0.494 e. The second-order valence-electron chi connectivity index (χ2n) is 4.70. The highest BCUT2D eigenvalue weighted by Gasteiger charge is 2.12. The summed E-state index contributed by atoms with van der Waals surface area (Å²) in [5.74, 6) is -0.617. The van der Waals surface area contributed by atoms with Gasteiger partial charge in [-0.1, -0.05) is 18.2 Å². The van der Waals surface area contributed by atoms with E-state index in [1.165, 1.54) is 25.3 Å². The summed E-state index contributed by atoms with van der Waals surface area (Å²) in [4.78, 5) is 0. The van der Waals surface area contributed by atoms with Gasteiger partial charge in [0, 0.05) is 0 Å². The molecule has 0 spiro atoms. The van der Waals surface area contributed by atoms with Crippen LogP contribution < -0.4 is 15.2 Å². The third-order valence-corrected chi connectivity index (χ3v) is 3.18. The maximum atomic E-state index is 13.8. The first-order valence-electron chi connectivity index (χ1n) is 6.50. The second-order valence-corrected chi connectivity index (χ2v) is 4.70. The average molecular weight is 293 g/mol. The van der Waals surface area contributed by atoms with Crippen LogP contribution in [-0.2, 0) is 0 Å². The fraction of sp³-hybridized carbons (Fsp3) is 0.250. The van der Waals surface area contributed by atoms with Crippen LogP contribution in [0.1, 0.15) is 17.2 Å². The minimum Gasteiger partial charge on any atom is -0.494 e. The zero-order chi connectivity index (χ0) is 15.4. The van der Waals surface area contributed by atoms with Crippen LogP contribution in [0.15, 0.2) is 36.4 Å². The first-order chi connectivity index (χ1) is 10.0. The Balaban J connectivity index is 2.06. The minimum absolute atomic E-state index is 0.0478. The van der Waals surface area contributed by atoms with Gasteiger partial charge in [-0.3, -0.25) is 0 Å². The summed E-state index contributed by atoms with van der Waals surface area (Å²) in [5, 5.41) is 0. The number of methoxy groups -OCH3 is 1. The molecular weight excluding hydrogens is 276 g/mol. The van der Waals surface area contributed by atoms with Crippen molar-refractivity contribution < 1.29 is 18.3 Å². The molecule has 0 saturated heterocycles. The van der Waals surface area contributed by atoms with Crippen molar-refractivity contribution in [3.8, 4) is 11.5 Å². The van der Waals surface area contributed by atoms with Crippen molar-refractivity contribution in [3.05, 3.63) is 59.2 Å². The predicted molar refractivity (Wildman–Crippen MR) is 76.5 cm³/mol. The lowest BCUT2D eigenvalue weighted by molar-refractivity contribution is 0.276. The van der Waals surface area contributed by atoms with Crippen molar-refractivity contribution in [3.63, 3.8) is 0 Å². The van der Waals surface area contributed by atoms with Gasteiger partial charge in [0.15, 0.2) is 23.1 Å². The number of hydrogen-bond donors (Lipinski definition) is 1. The Labute approximate surface area is 122 Å². The number of benzene rings is 2. The van der Waals surface area contributed by atoms with Crippen molar-refractivity contribution in [2.24, 2.45) is 5.73 Å². The molecule has 0 aliphatic heterocycles. The van der Waals surface area contributed by atoms with Gasteiger partial charge >= 0.3 is 0 Å². The molecule has 0 heterocycles. The molecule has 1 unspecified atom stereocenters. The highest BCUT2D eigenvalue weighted by Crippen LogP contribution is 2.23. The molecule has 2 aromatic rings. The maximum absolute atomic E-state index is 13.8. The molecule has 0 fully saturated rings. The van der Waals surface area contributed by atoms with Gasteiger partial charge in [0.1, 0.15) is 6.61 Å². The summed E-state index contributed by atoms with van der Waals surface area (Å²) < 4.78 is 37.6. The van der Waals surface area contributed by atoms with Crippen molar-refractivity contribution in [2.45, 2.75) is 13.0 Å². The number of ether oxygens (including phenoxy) is 2. The SMILES string of the molecule is COc1ccc(C(N)COc2cccc(C)c2F)cc1F. The van der Waals surface area contributed by atoms with Crippen LogP contribution in [0.25, 0.3) is 0 Å². The Morgan fingerprint density at radius 1 is 1.14 bits per heavy atom. The molecule has 2 aromatic carbocycles. The van der Waals surface area contributed by atoms with E-state index in [9.17, 15) is 8.78 Å². The lowest BCUT2D eigenvalue weighted by Gasteiger charge is -2.15. The Morgan fingerprint density at radius 3 is 2.57 bits per heavy atom. The topological polar surface area (TPSA) is 44.5 Å². The second kappa shape index (κ2) is 6.54. The predicted octanol–water partition coefficient (Wildman–Crippen LogP) is 3.36. The van der Waals surface area contributed by atoms with E-state index in [-0.39, 0.29) is 18.1 Å². The normalized spacial score (nSPS) is 12.0. The van der Waals surface area contributed by atoms with E-state index in [0.717, 1.165) is 0 Å². The first kappa shape index (κ1) is 15.3. The monoisotopic (exact) mass is 293 g/mol. The Morgan fingerprint density at radius 2 is 1.90 bits per heavy atom. The summed E-state index contributed by atoms with van der Waals surface area (Å²) in [6, 6.07) is 8.77. The Hall–Kier alpha value is -2.14. The van der Waals surface area contributed by atoms with E-state index in [1.807, 2.05) is 0 Å². The highest BCUT2D eigenvalue weighted by molar-refractivity contribution is 5.32. The van der Waals surface area contributed by atoms with E-state index in [2.05, 4.69) is 0 Å². The van der Waals surface area contributed by atoms with Gasteiger partial charge in [0.2, 0.25) is 0 Å². The molecule has 0 radical (unpaired) electrons. The summed E-state index contributed by atoms with van der Waals surface area (Å²) in [6.45, 7) is 1.70. The number of aryl methyl sites for hydroxylation is 1. The lowest BCUT2D eigenvalue weighted by atomic mass is 10.1. The summed E-state index contributed by atoms with van der Waals surface area (Å²) in [7, 11) is 1.39. The number of rotatable bonds is 5. The summed E-state index contributed by atoms with van der Waals surface area (Å²) in [5.41, 5.74) is 6.99. The standard InChI is InChI=1S/C16H17F2NO2/c1-10-4-3-5-15(16(10)18)21-9-13(19)11-6-7-14(20-2)12(17)8-11/h3-8,13H,9,19H2,1-2H3. The van der Waals surface area contributed by atoms with Crippen molar-refractivity contribution >= 4 is 0 Å². The third-order valence-electron chi connectivity index (χ3n) is 3.18. The average Bonchev–Trinajstić information content (AvgIpc) is 2.48. The fourth-order valence-corrected chi connectivity index (χ4v) is 1.92. The van der Waals surface area contributed by atoms with Crippen molar-refractivity contribution in [1.82, 2.24) is 0 Å². The zero-order valence-electron chi connectivity index (χ0n) is 11.9. The van der Waals surface area contributed by atoms with Gasteiger partial charge in [-0.05, 0) is 36.2 Å². The number of nitrogens with two attached hydrogens (primary N) is 1. The number of halogens is 2. The van der Waals surface area contributed by atoms with Crippen LogP contribution >= 0.6 is 0 Å². The smallest absolute Gasteiger partial charge is 0.167 e.